The Kier molecular flexibility index (Phi) is 4.49. The van der Waals surface area contributed by atoms with Crippen LogP contribution in [-0.4, -0.2) is 7.05 Å². The van der Waals surface area contributed by atoms with E-state index in [1.165, 1.54) is 0 Å². The molecule has 0 unspecified atom stereocenters. The summed E-state index contributed by atoms with van der Waals surface area (Å²) in [5.74, 6) is 0. The van der Waals surface area contributed by atoms with Gasteiger partial charge in [-0.2, -0.15) is 0 Å². The molecule has 0 spiro atoms. The quantitative estimate of drug-likeness (QED) is 0.530. The molecule has 2 aromatic rings. The molecule has 0 atom stereocenters. The lowest BCUT2D eigenvalue weighted by atomic mass is 10.3. The zero-order valence-electron chi connectivity index (χ0n) is 9.72. The zero-order chi connectivity index (χ0) is 13.0. The van der Waals surface area contributed by atoms with Crippen LogP contribution in [0.4, 0.5) is 11.4 Å². The highest BCUT2D eigenvalue weighted by Crippen LogP contribution is 2.21. The Balaban J connectivity index is 2.11. The van der Waals surface area contributed by atoms with Crippen LogP contribution < -0.4 is 5.01 Å². The fourth-order valence-corrected chi connectivity index (χ4v) is 2.01. The molecule has 0 bridgehead atoms. The summed E-state index contributed by atoms with van der Waals surface area (Å²) < 4.78 is 2.05. The SMILES string of the molecule is CN(N=Nc1ccc(Br)cc1)c1cccc(Br)c1. The first-order chi connectivity index (χ1) is 8.65. The molecule has 2 rings (SSSR count). The number of halogens is 2. The number of benzene rings is 2. The van der Waals surface area contributed by atoms with Crippen LogP contribution in [-0.2, 0) is 0 Å². The molecule has 0 radical (unpaired) electrons. The topological polar surface area (TPSA) is 28.0 Å². The monoisotopic (exact) mass is 367 g/mol. The summed E-state index contributed by atoms with van der Waals surface area (Å²) in [6.45, 7) is 0. The first-order valence-electron chi connectivity index (χ1n) is 5.32. The second-order valence-corrected chi connectivity index (χ2v) is 5.50. The third kappa shape index (κ3) is 3.65. The van der Waals surface area contributed by atoms with Crippen molar-refractivity contribution in [2.75, 3.05) is 12.1 Å². The van der Waals surface area contributed by atoms with Crippen LogP contribution in [0, 0.1) is 0 Å². The summed E-state index contributed by atoms with van der Waals surface area (Å²) in [6.07, 6.45) is 0. The fraction of sp³-hybridized carbons (Fsp3) is 0.0769. The van der Waals surface area contributed by atoms with Crippen molar-refractivity contribution in [2.24, 2.45) is 10.3 Å². The summed E-state index contributed by atoms with van der Waals surface area (Å²) in [7, 11) is 1.87. The van der Waals surface area contributed by atoms with Crippen molar-refractivity contribution in [1.29, 1.82) is 0 Å². The van der Waals surface area contributed by atoms with Crippen LogP contribution in [0.1, 0.15) is 0 Å². The molecule has 0 aliphatic rings. The van der Waals surface area contributed by atoms with E-state index in [-0.39, 0.29) is 0 Å². The molecule has 2 aromatic carbocycles. The van der Waals surface area contributed by atoms with Gasteiger partial charge < -0.3 is 0 Å². The van der Waals surface area contributed by atoms with Crippen molar-refractivity contribution in [3.63, 3.8) is 0 Å². The van der Waals surface area contributed by atoms with Gasteiger partial charge in [0.25, 0.3) is 0 Å². The molecule has 0 aliphatic carbocycles. The van der Waals surface area contributed by atoms with E-state index in [1.807, 2.05) is 55.6 Å². The van der Waals surface area contributed by atoms with Gasteiger partial charge in [-0.25, -0.2) is 5.01 Å². The molecule has 0 aromatic heterocycles. The van der Waals surface area contributed by atoms with Gasteiger partial charge in [-0.3, -0.25) is 0 Å². The van der Waals surface area contributed by atoms with Crippen molar-refractivity contribution in [1.82, 2.24) is 0 Å². The van der Waals surface area contributed by atoms with E-state index in [1.54, 1.807) is 5.01 Å². The largest absolute Gasteiger partial charge is 0.250 e. The maximum absolute atomic E-state index is 4.17. The Hall–Kier alpha value is -1.20. The van der Waals surface area contributed by atoms with Crippen LogP contribution in [0.3, 0.4) is 0 Å². The highest BCUT2D eigenvalue weighted by molar-refractivity contribution is 9.10. The standard InChI is InChI=1S/C13H11Br2N3/c1-18(13-4-2-3-11(15)9-13)17-16-12-7-5-10(14)6-8-12/h2-9H,1H3. The van der Waals surface area contributed by atoms with Crippen molar-refractivity contribution >= 4 is 43.2 Å². The highest BCUT2D eigenvalue weighted by atomic mass is 79.9. The first kappa shape index (κ1) is 13.2. The average Bonchev–Trinajstić information content (AvgIpc) is 2.38. The predicted octanol–water partition coefficient (Wildman–Crippen LogP) is 5.35. The molecule has 92 valence electrons. The van der Waals surface area contributed by atoms with Crippen molar-refractivity contribution in [3.05, 3.63) is 57.5 Å². The van der Waals surface area contributed by atoms with Gasteiger partial charge in [0.2, 0.25) is 0 Å². The third-order valence-electron chi connectivity index (χ3n) is 2.30. The lowest BCUT2D eigenvalue weighted by molar-refractivity contribution is 0.923. The Morgan fingerprint density at radius 2 is 1.67 bits per heavy atom. The van der Waals surface area contributed by atoms with E-state index in [0.717, 1.165) is 20.3 Å². The fourth-order valence-electron chi connectivity index (χ4n) is 1.36. The molecular formula is C13H11Br2N3. The number of hydrogen-bond donors (Lipinski definition) is 0. The summed E-state index contributed by atoms with van der Waals surface area (Å²) >= 11 is 6.81. The minimum absolute atomic E-state index is 0.819. The van der Waals surface area contributed by atoms with Gasteiger partial charge in [0.1, 0.15) is 0 Å². The summed E-state index contributed by atoms with van der Waals surface area (Å²) in [5.41, 5.74) is 1.80. The number of anilines is 1. The van der Waals surface area contributed by atoms with E-state index in [4.69, 9.17) is 0 Å². The molecule has 0 N–H and O–H groups in total. The minimum atomic E-state index is 0.819. The Morgan fingerprint density at radius 3 is 2.33 bits per heavy atom. The molecule has 0 amide bonds. The number of nitrogens with zero attached hydrogens (tertiary/aromatic N) is 3. The maximum Gasteiger partial charge on any atom is 0.0875 e. The van der Waals surface area contributed by atoms with Crippen LogP contribution in [0.5, 0.6) is 0 Å². The van der Waals surface area contributed by atoms with Crippen LogP contribution in [0.25, 0.3) is 0 Å². The van der Waals surface area contributed by atoms with E-state index >= 15 is 0 Å². The van der Waals surface area contributed by atoms with Crippen LogP contribution in [0.2, 0.25) is 0 Å². The highest BCUT2D eigenvalue weighted by Gasteiger charge is 1.99. The Bertz CT molecular complexity index is 552. The zero-order valence-corrected chi connectivity index (χ0v) is 12.9. The van der Waals surface area contributed by atoms with Crippen molar-refractivity contribution in [2.45, 2.75) is 0 Å². The van der Waals surface area contributed by atoms with Gasteiger partial charge in [0.05, 0.1) is 11.4 Å². The number of hydrogen-bond acceptors (Lipinski definition) is 2. The lowest BCUT2D eigenvalue weighted by Gasteiger charge is -2.11. The molecule has 0 saturated carbocycles. The van der Waals surface area contributed by atoms with Crippen LogP contribution >= 0.6 is 31.9 Å². The second-order valence-electron chi connectivity index (χ2n) is 3.67. The van der Waals surface area contributed by atoms with Crippen molar-refractivity contribution < 1.29 is 0 Å². The smallest absolute Gasteiger partial charge is 0.0875 e. The van der Waals surface area contributed by atoms with Gasteiger partial charge in [-0.1, -0.05) is 43.1 Å². The van der Waals surface area contributed by atoms with Crippen LogP contribution in [0.15, 0.2) is 67.8 Å². The van der Waals surface area contributed by atoms with Gasteiger partial charge >= 0.3 is 0 Å². The van der Waals surface area contributed by atoms with E-state index < -0.39 is 0 Å². The van der Waals surface area contributed by atoms with E-state index in [2.05, 4.69) is 42.2 Å². The number of rotatable bonds is 3. The normalized spacial score (nSPS) is 10.8. The summed E-state index contributed by atoms with van der Waals surface area (Å²) in [5, 5.41) is 10.1. The Labute approximate surface area is 123 Å². The molecule has 0 fully saturated rings. The van der Waals surface area contributed by atoms with E-state index in [0.29, 0.717) is 0 Å². The summed E-state index contributed by atoms with van der Waals surface area (Å²) in [4.78, 5) is 0. The van der Waals surface area contributed by atoms with Gasteiger partial charge in [0.15, 0.2) is 0 Å². The first-order valence-corrected chi connectivity index (χ1v) is 6.90. The molecule has 0 saturated heterocycles. The minimum Gasteiger partial charge on any atom is -0.250 e. The summed E-state index contributed by atoms with van der Waals surface area (Å²) in [6, 6.07) is 15.6. The predicted molar refractivity (Wildman–Crippen MR) is 81.2 cm³/mol. The molecule has 5 heteroatoms. The molecule has 18 heavy (non-hydrogen) atoms. The van der Waals surface area contributed by atoms with E-state index in [9.17, 15) is 0 Å². The lowest BCUT2D eigenvalue weighted by Crippen LogP contribution is -2.06. The van der Waals surface area contributed by atoms with Gasteiger partial charge in [0, 0.05) is 16.0 Å². The molecule has 0 heterocycles. The molecule has 3 nitrogen and oxygen atoms in total. The molecular weight excluding hydrogens is 358 g/mol. The van der Waals surface area contributed by atoms with Gasteiger partial charge in [-0.15, -0.1) is 5.11 Å². The van der Waals surface area contributed by atoms with Crippen molar-refractivity contribution in [3.8, 4) is 0 Å². The molecule has 0 aliphatic heterocycles. The second kappa shape index (κ2) is 6.11. The maximum atomic E-state index is 4.17. The third-order valence-corrected chi connectivity index (χ3v) is 3.32. The van der Waals surface area contributed by atoms with Gasteiger partial charge in [-0.05, 0) is 42.5 Å². The Morgan fingerprint density at radius 1 is 0.944 bits per heavy atom. The average molecular weight is 369 g/mol.